The van der Waals surface area contributed by atoms with Gasteiger partial charge in [0.15, 0.2) is 0 Å². The predicted octanol–water partition coefficient (Wildman–Crippen LogP) is 6.14. The van der Waals surface area contributed by atoms with Crippen LogP contribution in [0, 0.1) is 0 Å². The number of carbonyl (C=O) groups is 1. The Bertz CT molecular complexity index is 1250. The van der Waals surface area contributed by atoms with E-state index in [-0.39, 0.29) is 21.5 Å². The van der Waals surface area contributed by atoms with Crippen molar-refractivity contribution in [3.05, 3.63) is 86.3 Å². The number of ether oxygens (including phenoxy) is 1. The van der Waals surface area contributed by atoms with Gasteiger partial charge in [-0.2, -0.15) is 4.31 Å². The fourth-order valence-corrected chi connectivity index (χ4v) is 5.21. The monoisotopic (exact) mass is 546 g/mol. The van der Waals surface area contributed by atoms with Crippen molar-refractivity contribution in [3.63, 3.8) is 0 Å². The summed E-state index contributed by atoms with van der Waals surface area (Å²) in [6, 6.07) is 15.1. The summed E-state index contributed by atoms with van der Waals surface area (Å²) in [6.45, 7) is -0.726. The van der Waals surface area contributed by atoms with Crippen molar-refractivity contribution in [2.24, 2.45) is 0 Å². The van der Waals surface area contributed by atoms with Crippen LogP contribution in [0.4, 0.5) is 5.69 Å². The van der Waals surface area contributed by atoms with Crippen LogP contribution >= 0.6 is 46.4 Å². The SMILES string of the molecule is COc1ccc(NC(=O)CN(Cc2c(Cl)cccc2Cl)S(=O)(=O)c2ccc(Cl)cc2)cc1Cl. The second kappa shape index (κ2) is 11.0. The lowest BCUT2D eigenvalue weighted by Crippen LogP contribution is -2.37. The van der Waals surface area contributed by atoms with Crippen molar-refractivity contribution in [3.8, 4) is 5.75 Å². The number of methoxy groups -OCH3 is 1. The highest BCUT2D eigenvalue weighted by Crippen LogP contribution is 2.29. The largest absolute Gasteiger partial charge is 0.495 e. The predicted molar refractivity (Wildman–Crippen MR) is 132 cm³/mol. The normalized spacial score (nSPS) is 11.5. The highest BCUT2D eigenvalue weighted by atomic mass is 35.5. The number of anilines is 1. The van der Waals surface area contributed by atoms with Crippen molar-refractivity contribution in [1.29, 1.82) is 0 Å². The van der Waals surface area contributed by atoms with Gasteiger partial charge in [-0.25, -0.2) is 8.42 Å². The first-order valence-electron chi connectivity index (χ1n) is 9.44. The van der Waals surface area contributed by atoms with Crippen LogP contribution < -0.4 is 10.1 Å². The Morgan fingerprint density at radius 1 is 0.939 bits per heavy atom. The number of nitrogens with zero attached hydrogens (tertiary/aromatic N) is 1. The van der Waals surface area contributed by atoms with Crippen LogP contribution in [-0.4, -0.2) is 32.3 Å². The van der Waals surface area contributed by atoms with E-state index in [9.17, 15) is 13.2 Å². The third-order valence-electron chi connectivity index (χ3n) is 4.60. The average molecular weight is 548 g/mol. The average Bonchev–Trinajstić information content (AvgIpc) is 2.76. The van der Waals surface area contributed by atoms with Crippen LogP contribution in [0.5, 0.6) is 5.75 Å². The first-order valence-corrected chi connectivity index (χ1v) is 12.4. The summed E-state index contributed by atoms with van der Waals surface area (Å²) >= 11 is 24.5. The van der Waals surface area contributed by atoms with Crippen molar-refractivity contribution in [2.75, 3.05) is 19.0 Å². The Kier molecular flexibility index (Phi) is 8.50. The Labute approximate surface area is 212 Å². The molecule has 174 valence electrons. The molecule has 33 heavy (non-hydrogen) atoms. The van der Waals surface area contributed by atoms with E-state index < -0.39 is 22.5 Å². The molecular weight excluding hydrogens is 530 g/mol. The van der Waals surface area contributed by atoms with Gasteiger partial charge in [0.2, 0.25) is 15.9 Å². The molecule has 1 amide bonds. The summed E-state index contributed by atoms with van der Waals surface area (Å²) in [4.78, 5) is 12.8. The Balaban J connectivity index is 1.91. The highest BCUT2D eigenvalue weighted by molar-refractivity contribution is 7.89. The third-order valence-corrected chi connectivity index (χ3v) is 7.66. The van der Waals surface area contributed by atoms with Gasteiger partial charge in [-0.3, -0.25) is 4.79 Å². The van der Waals surface area contributed by atoms with E-state index in [1.807, 2.05) is 0 Å². The number of hydrogen-bond acceptors (Lipinski definition) is 4. The smallest absolute Gasteiger partial charge is 0.243 e. The topological polar surface area (TPSA) is 75.7 Å². The molecule has 0 fully saturated rings. The molecule has 0 radical (unpaired) electrons. The van der Waals surface area contributed by atoms with Gasteiger partial charge in [-0.15, -0.1) is 0 Å². The number of hydrogen-bond donors (Lipinski definition) is 1. The summed E-state index contributed by atoms with van der Waals surface area (Å²) < 4.78 is 32.8. The first kappa shape index (κ1) is 25.6. The second-order valence-corrected chi connectivity index (χ2v) is 10.4. The standard InChI is InChI=1S/C22H18Cl4N2O4S/c1-32-21-10-7-15(11-20(21)26)27-22(29)13-28(12-17-18(24)3-2-4-19(17)25)33(30,31)16-8-5-14(23)6-9-16/h2-11H,12-13H2,1H3,(H,27,29). The van der Waals surface area contributed by atoms with Gasteiger partial charge in [0.25, 0.3) is 0 Å². The number of halogens is 4. The number of sulfonamides is 1. The number of rotatable bonds is 8. The van der Waals surface area contributed by atoms with Gasteiger partial charge in [0.05, 0.1) is 23.6 Å². The molecule has 0 aromatic heterocycles. The van der Waals surface area contributed by atoms with Crippen LogP contribution in [-0.2, 0) is 21.4 Å². The zero-order chi connectivity index (χ0) is 24.2. The highest BCUT2D eigenvalue weighted by Gasteiger charge is 2.28. The molecule has 1 N–H and O–H groups in total. The molecule has 3 aromatic carbocycles. The van der Waals surface area contributed by atoms with Gasteiger partial charge in [-0.1, -0.05) is 52.5 Å². The summed E-state index contributed by atoms with van der Waals surface area (Å²) in [7, 11) is -2.63. The van der Waals surface area contributed by atoms with Crippen molar-refractivity contribution >= 4 is 68.0 Å². The van der Waals surface area contributed by atoms with E-state index in [1.54, 1.807) is 30.3 Å². The molecule has 0 bridgehead atoms. The van der Waals surface area contributed by atoms with Crippen LogP contribution in [0.25, 0.3) is 0 Å². The maximum Gasteiger partial charge on any atom is 0.243 e. The van der Waals surface area contributed by atoms with E-state index >= 15 is 0 Å². The van der Waals surface area contributed by atoms with Crippen LogP contribution in [0.2, 0.25) is 20.1 Å². The number of carbonyl (C=O) groups excluding carboxylic acids is 1. The van der Waals surface area contributed by atoms with Crippen LogP contribution in [0.1, 0.15) is 5.56 Å². The minimum Gasteiger partial charge on any atom is -0.495 e. The van der Waals surface area contributed by atoms with Crippen molar-refractivity contribution in [1.82, 2.24) is 4.31 Å². The fraction of sp³-hybridized carbons (Fsp3) is 0.136. The maximum atomic E-state index is 13.4. The lowest BCUT2D eigenvalue weighted by atomic mass is 10.2. The van der Waals surface area contributed by atoms with Crippen LogP contribution in [0.15, 0.2) is 65.6 Å². The summed E-state index contributed by atoms with van der Waals surface area (Å²) in [5.74, 6) is -0.146. The van der Waals surface area contributed by atoms with E-state index in [1.165, 1.54) is 37.4 Å². The molecule has 0 aliphatic carbocycles. The number of nitrogens with one attached hydrogen (secondary N) is 1. The summed E-state index contributed by atoms with van der Waals surface area (Å²) in [5.41, 5.74) is 0.754. The van der Waals surface area contributed by atoms with Gasteiger partial charge in [0.1, 0.15) is 5.75 Å². The lowest BCUT2D eigenvalue weighted by molar-refractivity contribution is -0.116. The zero-order valence-corrected chi connectivity index (χ0v) is 21.0. The van der Waals surface area contributed by atoms with Crippen molar-refractivity contribution < 1.29 is 17.9 Å². The number of amides is 1. The molecule has 0 heterocycles. The first-order chi connectivity index (χ1) is 15.6. The molecule has 0 spiro atoms. The second-order valence-electron chi connectivity index (χ2n) is 6.82. The van der Waals surface area contributed by atoms with E-state index in [0.29, 0.717) is 27.0 Å². The Hall–Kier alpha value is -2.00. The molecule has 0 unspecified atom stereocenters. The third kappa shape index (κ3) is 6.32. The minimum atomic E-state index is -4.11. The quantitative estimate of drug-likeness (QED) is 0.367. The molecule has 3 aromatic rings. The molecule has 0 aliphatic rings. The van der Waals surface area contributed by atoms with Crippen LogP contribution in [0.3, 0.4) is 0 Å². The fourth-order valence-electron chi connectivity index (χ4n) is 2.95. The van der Waals surface area contributed by atoms with Gasteiger partial charge in [-0.05, 0) is 54.6 Å². The van der Waals surface area contributed by atoms with E-state index in [4.69, 9.17) is 51.1 Å². The van der Waals surface area contributed by atoms with Gasteiger partial charge >= 0.3 is 0 Å². The Morgan fingerprint density at radius 3 is 2.15 bits per heavy atom. The molecule has 11 heteroatoms. The van der Waals surface area contributed by atoms with Gasteiger partial charge < -0.3 is 10.1 Å². The summed E-state index contributed by atoms with van der Waals surface area (Å²) in [5, 5.41) is 3.87. The minimum absolute atomic E-state index is 0.0321. The Morgan fingerprint density at radius 2 is 1.58 bits per heavy atom. The molecule has 0 aliphatic heterocycles. The maximum absolute atomic E-state index is 13.4. The molecule has 0 atom stereocenters. The molecule has 6 nitrogen and oxygen atoms in total. The summed E-state index contributed by atoms with van der Waals surface area (Å²) in [6.07, 6.45) is 0. The molecular formula is C22H18Cl4N2O4S. The van der Waals surface area contributed by atoms with Gasteiger partial charge in [0, 0.05) is 32.9 Å². The zero-order valence-electron chi connectivity index (χ0n) is 17.2. The van der Waals surface area contributed by atoms with Crippen molar-refractivity contribution in [2.45, 2.75) is 11.4 Å². The number of benzene rings is 3. The lowest BCUT2D eigenvalue weighted by Gasteiger charge is -2.23. The molecule has 3 rings (SSSR count). The molecule has 0 saturated heterocycles. The molecule has 0 saturated carbocycles. The van der Waals surface area contributed by atoms with E-state index in [2.05, 4.69) is 5.32 Å². The van der Waals surface area contributed by atoms with E-state index in [0.717, 1.165) is 4.31 Å².